The zero-order valence-corrected chi connectivity index (χ0v) is 16.9. The first-order chi connectivity index (χ1) is 13.3. The Morgan fingerprint density at radius 2 is 1.93 bits per heavy atom. The molecule has 3 rings (SSSR count). The number of rotatable bonds is 5. The van der Waals surface area contributed by atoms with Crippen LogP contribution in [0.2, 0.25) is 0 Å². The third kappa shape index (κ3) is 3.74. The van der Waals surface area contributed by atoms with Crippen LogP contribution in [-0.4, -0.2) is 50.6 Å². The molecule has 1 aromatic heterocycles. The highest BCUT2D eigenvalue weighted by molar-refractivity contribution is 5.97. The van der Waals surface area contributed by atoms with E-state index in [1.807, 2.05) is 13.8 Å². The van der Waals surface area contributed by atoms with Crippen molar-refractivity contribution in [2.45, 2.75) is 46.6 Å². The smallest absolute Gasteiger partial charge is 0.257 e. The Morgan fingerprint density at radius 3 is 2.57 bits per heavy atom. The molecule has 0 fully saturated rings. The van der Waals surface area contributed by atoms with Gasteiger partial charge >= 0.3 is 0 Å². The van der Waals surface area contributed by atoms with Crippen molar-refractivity contribution in [1.29, 1.82) is 0 Å². The van der Waals surface area contributed by atoms with E-state index in [0.717, 1.165) is 30.3 Å². The van der Waals surface area contributed by atoms with E-state index in [0.29, 0.717) is 25.1 Å². The number of aromatic hydroxyl groups is 2. The maximum Gasteiger partial charge on any atom is 0.257 e. The van der Waals surface area contributed by atoms with Crippen LogP contribution in [0.15, 0.2) is 18.3 Å². The highest BCUT2D eigenvalue weighted by atomic mass is 16.3. The van der Waals surface area contributed by atoms with Crippen LogP contribution in [0, 0.1) is 0 Å². The molecule has 1 amide bonds. The lowest BCUT2D eigenvalue weighted by Crippen LogP contribution is -2.37. The Hall–Kier alpha value is -2.83. The lowest BCUT2D eigenvalue weighted by Gasteiger charge is -2.29. The summed E-state index contributed by atoms with van der Waals surface area (Å²) in [6.45, 7) is 10.6. The van der Waals surface area contributed by atoms with Gasteiger partial charge in [0.05, 0.1) is 11.3 Å². The quantitative estimate of drug-likeness (QED) is 0.823. The third-order valence-electron chi connectivity index (χ3n) is 5.25. The summed E-state index contributed by atoms with van der Waals surface area (Å²) in [5.41, 5.74) is 2.76. The van der Waals surface area contributed by atoms with E-state index in [4.69, 9.17) is 0 Å². The number of carbonyl (C=O) groups is 1. The molecule has 0 saturated heterocycles. The second kappa shape index (κ2) is 8.04. The first-order valence-corrected chi connectivity index (χ1v) is 9.80. The minimum absolute atomic E-state index is 0.00497. The van der Waals surface area contributed by atoms with E-state index in [-0.39, 0.29) is 28.9 Å². The standard InChI is InChI=1S/C21H28N4O3/c1-5-24(6-2)21-22-11-14-12-25(8-7-17(14)23-21)20(28)16-9-15(13(3)4)18(26)10-19(16)27/h9-11,13,26-27H,5-8,12H2,1-4H3. The molecule has 2 N–H and O–H groups in total. The molecule has 7 heteroatoms. The number of phenols is 2. The van der Waals surface area contributed by atoms with Gasteiger partial charge in [0.2, 0.25) is 5.95 Å². The molecule has 0 unspecified atom stereocenters. The molecule has 0 radical (unpaired) electrons. The van der Waals surface area contributed by atoms with Crippen LogP contribution < -0.4 is 4.90 Å². The SMILES string of the molecule is CCN(CC)c1ncc2c(n1)CCN(C(=O)c1cc(C(C)C)c(O)cc1O)C2. The number of hydrogen-bond donors (Lipinski definition) is 2. The van der Waals surface area contributed by atoms with Gasteiger partial charge in [-0.05, 0) is 31.4 Å². The summed E-state index contributed by atoms with van der Waals surface area (Å²) in [4.78, 5) is 26.0. The maximum atomic E-state index is 13.0. The average molecular weight is 384 g/mol. The highest BCUT2D eigenvalue weighted by Crippen LogP contribution is 2.33. The highest BCUT2D eigenvalue weighted by Gasteiger charge is 2.26. The first kappa shape index (κ1) is 19.9. The third-order valence-corrected chi connectivity index (χ3v) is 5.25. The molecule has 7 nitrogen and oxygen atoms in total. The van der Waals surface area contributed by atoms with Gasteiger partial charge in [-0.3, -0.25) is 4.79 Å². The van der Waals surface area contributed by atoms with Crippen molar-refractivity contribution in [2.24, 2.45) is 0 Å². The lowest BCUT2D eigenvalue weighted by molar-refractivity contribution is 0.0730. The fourth-order valence-corrected chi connectivity index (χ4v) is 3.54. The summed E-state index contributed by atoms with van der Waals surface area (Å²) >= 11 is 0. The van der Waals surface area contributed by atoms with Crippen molar-refractivity contribution >= 4 is 11.9 Å². The molecular formula is C21H28N4O3. The fraction of sp³-hybridized carbons (Fsp3) is 0.476. The number of fused-ring (bicyclic) bond motifs is 1. The topological polar surface area (TPSA) is 89.8 Å². The van der Waals surface area contributed by atoms with Gasteiger partial charge in [-0.15, -0.1) is 0 Å². The van der Waals surface area contributed by atoms with Crippen LogP contribution in [0.25, 0.3) is 0 Å². The van der Waals surface area contributed by atoms with E-state index < -0.39 is 0 Å². The monoisotopic (exact) mass is 384 g/mol. The summed E-state index contributed by atoms with van der Waals surface area (Å²) in [5.74, 6) is 0.316. The van der Waals surface area contributed by atoms with Crippen molar-refractivity contribution in [3.63, 3.8) is 0 Å². The summed E-state index contributed by atoms with van der Waals surface area (Å²) < 4.78 is 0. The molecular weight excluding hydrogens is 356 g/mol. The van der Waals surface area contributed by atoms with Crippen LogP contribution in [0.5, 0.6) is 11.5 Å². The van der Waals surface area contributed by atoms with E-state index in [1.54, 1.807) is 17.2 Å². The zero-order chi connectivity index (χ0) is 20.4. The number of benzene rings is 1. The van der Waals surface area contributed by atoms with Crippen molar-refractivity contribution < 1.29 is 15.0 Å². The summed E-state index contributed by atoms with van der Waals surface area (Å²) in [6.07, 6.45) is 2.44. The van der Waals surface area contributed by atoms with Crippen LogP contribution in [0.1, 0.15) is 60.8 Å². The van der Waals surface area contributed by atoms with Crippen LogP contribution >= 0.6 is 0 Å². The number of carbonyl (C=O) groups excluding carboxylic acids is 1. The predicted molar refractivity (Wildman–Crippen MR) is 108 cm³/mol. The van der Waals surface area contributed by atoms with E-state index >= 15 is 0 Å². The first-order valence-electron chi connectivity index (χ1n) is 9.80. The number of hydrogen-bond acceptors (Lipinski definition) is 6. The molecule has 0 atom stereocenters. The molecule has 0 bridgehead atoms. The van der Waals surface area contributed by atoms with Gasteiger partial charge in [-0.1, -0.05) is 13.8 Å². The number of phenolic OH excluding ortho intramolecular Hbond substituents is 2. The van der Waals surface area contributed by atoms with Gasteiger partial charge in [0.1, 0.15) is 11.5 Å². The fourth-order valence-electron chi connectivity index (χ4n) is 3.54. The Balaban J connectivity index is 1.84. The lowest BCUT2D eigenvalue weighted by atomic mass is 9.97. The normalized spacial score (nSPS) is 13.5. The Kier molecular flexibility index (Phi) is 5.72. The molecule has 0 aliphatic carbocycles. The van der Waals surface area contributed by atoms with Gasteiger partial charge in [-0.25, -0.2) is 9.97 Å². The molecule has 150 valence electrons. The molecule has 0 spiro atoms. The number of nitrogens with zero attached hydrogens (tertiary/aromatic N) is 4. The molecule has 1 aromatic carbocycles. The second-order valence-electron chi connectivity index (χ2n) is 7.37. The number of anilines is 1. The van der Waals surface area contributed by atoms with Crippen LogP contribution in [0.4, 0.5) is 5.95 Å². The summed E-state index contributed by atoms with van der Waals surface area (Å²) in [7, 11) is 0. The molecule has 2 heterocycles. The minimum Gasteiger partial charge on any atom is -0.508 e. The molecule has 1 aliphatic heterocycles. The van der Waals surface area contributed by atoms with Gasteiger partial charge < -0.3 is 20.0 Å². The minimum atomic E-state index is -0.252. The average Bonchev–Trinajstić information content (AvgIpc) is 2.67. The van der Waals surface area contributed by atoms with Crippen molar-refractivity contribution in [2.75, 3.05) is 24.5 Å². The Labute approximate surface area is 165 Å². The predicted octanol–water partition coefficient (Wildman–Crippen LogP) is 3.06. The Morgan fingerprint density at radius 1 is 1.21 bits per heavy atom. The van der Waals surface area contributed by atoms with Gasteiger partial charge in [0.15, 0.2) is 0 Å². The Bertz CT molecular complexity index is 878. The molecule has 1 aliphatic rings. The van der Waals surface area contributed by atoms with Crippen LogP contribution in [0.3, 0.4) is 0 Å². The maximum absolute atomic E-state index is 13.0. The van der Waals surface area contributed by atoms with Crippen molar-refractivity contribution in [3.05, 3.63) is 40.7 Å². The molecule has 0 saturated carbocycles. The van der Waals surface area contributed by atoms with E-state index in [1.165, 1.54) is 6.07 Å². The van der Waals surface area contributed by atoms with Crippen LogP contribution in [-0.2, 0) is 13.0 Å². The summed E-state index contributed by atoms with van der Waals surface area (Å²) in [5, 5.41) is 20.2. The van der Waals surface area contributed by atoms with Gasteiger partial charge in [0, 0.05) is 50.4 Å². The zero-order valence-electron chi connectivity index (χ0n) is 16.9. The summed E-state index contributed by atoms with van der Waals surface area (Å²) in [6, 6.07) is 2.84. The van der Waals surface area contributed by atoms with E-state index in [2.05, 4.69) is 28.7 Å². The van der Waals surface area contributed by atoms with Gasteiger partial charge in [0.25, 0.3) is 5.91 Å². The van der Waals surface area contributed by atoms with E-state index in [9.17, 15) is 15.0 Å². The number of amides is 1. The largest absolute Gasteiger partial charge is 0.508 e. The number of aromatic nitrogens is 2. The molecule has 28 heavy (non-hydrogen) atoms. The second-order valence-corrected chi connectivity index (χ2v) is 7.37. The van der Waals surface area contributed by atoms with Gasteiger partial charge in [-0.2, -0.15) is 0 Å². The molecule has 2 aromatic rings. The van der Waals surface area contributed by atoms with Crippen molar-refractivity contribution in [1.82, 2.24) is 14.9 Å². The van der Waals surface area contributed by atoms with Crippen molar-refractivity contribution in [3.8, 4) is 11.5 Å².